The maximum atomic E-state index is 5.53. The number of benzene rings is 4. The first kappa shape index (κ1) is 34.4. The van der Waals surface area contributed by atoms with E-state index < -0.39 is 0 Å². The Labute approximate surface area is 313 Å². The molecule has 4 aromatic carbocycles. The molecule has 4 N–H and O–H groups in total. The van der Waals surface area contributed by atoms with E-state index in [1.165, 1.54) is 0 Å². The molecule has 2 fully saturated rings. The van der Waals surface area contributed by atoms with Gasteiger partial charge in [0.15, 0.2) is 0 Å². The topological polar surface area (TPSA) is 150 Å². The summed E-state index contributed by atoms with van der Waals surface area (Å²) < 4.78 is 11.1. The average Bonchev–Trinajstić information content (AvgIpc) is 3.22. The first-order valence-electron chi connectivity index (χ1n) is 17.9. The number of nitrogens with zero attached hydrogens (tertiary/aromatic N) is 8. The smallest absolute Gasteiger partial charge is 0.233 e. The monoisotopic (exact) mass is 720 g/mol. The van der Waals surface area contributed by atoms with Crippen molar-refractivity contribution in [2.45, 2.75) is 0 Å². The van der Waals surface area contributed by atoms with Crippen molar-refractivity contribution in [2.24, 2.45) is 0 Å². The van der Waals surface area contributed by atoms with E-state index in [0.29, 0.717) is 62.1 Å². The van der Waals surface area contributed by atoms with Gasteiger partial charge in [-0.3, -0.25) is 0 Å². The first-order valence-corrected chi connectivity index (χ1v) is 17.9. The fraction of sp³-hybridized carbons (Fsp3) is 0.200. The van der Waals surface area contributed by atoms with Crippen LogP contribution in [-0.2, 0) is 9.47 Å². The van der Waals surface area contributed by atoms with Crippen LogP contribution in [-0.4, -0.2) is 82.5 Å². The summed E-state index contributed by atoms with van der Waals surface area (Å²) in [6, 6.07) is 36.0. The zero-order chi connectivity index (χ0) is 36.4. The van der Waals surface area contributed by atoms with E-state index in [1.54, 1.807) is 0 Å². The minimum absolute atomic E-state index is 0.458. The van der Waals surface area contributed by atoms with Gasteiger partial charge in [0.1, 0.15) is 0 Å². The molecule has 0 atom stereocenters. The second-order valence-electron chi connectivity index (χ2n) is 12.6. The predicted octanol–water partition coefficient (Wildman–Crippen LogP) is 6.87. The lowest BCUT2D eigenvalue weighted by Gasteiger charge is -2.27. The summed E-state index contributed by atoms with van der Waals surface area (Å²) in [5.74, 6) is 3.06. The molecule has 0 radical (unpaired) electrons. The van der Waals surface area contributed by atoms with Crippen LogP contribution in [0.1, 0.15) is 11.1 Å². The van der Waals surface area contributed by atoms with Crippen LogP contribution in [0.2, 0.25) is 0 Å². The lowest BCUT2D eigenvalue weighted by molar-refractivity contribution is 0.122. The third-order valence-electron chi connectivity index (χ3n) is 8.70. The summed E-state index contributed by atoms with van der Waals surface area (Å²) in [6.07, 6.45) is 4.16. The highest BCUT2D eigenvalue weighted by Crippen LogP contribution is 2.24. The summed E-state index contributed by atoms with van der Waals surface area (Å²) in [5.41, 5.74) is 5.64. The Morgan fingerprint density at radius 3 is 1.04 bits per heavy atom. The van der Waals surface area contributed by atoms with Crippen LogP contribution in [0.4, 0.5) is 58.4 Å². The van der Waals surface area contributed by atoms with Crippen molar-refractivity contribution >= 4 is 70.6 Å². The van der Waals surface area contributed by atoms with E-state index in [4.69, 9.17) is 29.4 Å². The molecule has 14 nitrogen and oxygen atoms in total. The number of aromatic nitrogens is 6. The van der Waals surface area contributed by atoms with E-state index in [0.717, 1.165) is 60.1 Å². The lowest BCUT2D eigenvalue weighted by Crippen LogP contribution is -2.37. The SMILES string of the molecule is C(=C\c1ccc(Nc2nc(Nc3ccccc3)nc(N3CCOCC3)n2)cc1)/c1ccc(Nc2nc(Nc3ccccc3)nc(N3CCOCC3)n2)cc1. The maximum Gasteiger partial charge on any atom is 0.233 e. The van der Waals surface area contributed by atoms with Gasteiger partial charge in [0.2, 0.25) is 35.7 Å². The fourth-order valence-electron chi connectivity index (χ4n) is 5.87. The van der Waals surface area contributed by atoms with Crippen molar-refractivity contribution in [1.82, 2.24) is 29.9 Å². The normalized spacial score (nSPS) is 14.5. The molecule has 2 aliphatic heterocycles. The maximum absolute atomic E-state index is 5.53. The summed E-state index contributed by atoms with van der Waals surface area (Å²) >= 11 is 0. The van der Waals surface area contributed by atoms with Gasteiger partial charge in [0.05, 0.1) is 26.4 Å². The number of rotatable bonds is 12. The van der Waals surface area contributed by atoms with E-state index >= 15 is 0 Å². The highest BCUT2D eigenvalue weighted by atomic mass is 16.5. The Kier molecular flexibility index (Phi) is 10.7. The molecule has 272 valence electrons. The minimum Gasteiger partial charge on any atom is -0.378 e. The van der Waals surface area contributed by atoms with Crippen molar-refractivity contribution in [2.75, 3.05) is 83.7 Å². The molecule has 0 amide bonds. The number of hydrogen-bond donors (Lipinski definition) is 4. The zero-order valence-corrected chi connectivity index (χ0v) is 29.6. The molecule has 2 saturated heterocycles. The summed E-state index contributed by atoms with van der Waals surface area (Å²) in [7, 11) is 0. The molecule has 6 aromatic rings. The number of para-hydroxylation sites is 2. The molecule has 0 spiro atoms. The zero-order valence-electron chi connectivity index (χ0n) is 29.6. The Morgan fingerprint density at radius 1 is 0.389 bits per heavy atom. The quantitative estimate of drug-likeness (QED) is 0.0973. The van der Waals surface area contributed by atoms with Crippen LogP contribution in [0.5, 0.6) is 0 Å². The highest BCUT2D eigenvalue weighted by molar-refractivity contribution is 5.72. The lowest BCUT2D eigenvalue weighted by atomic mass is 10.1. The Morgan fingerprint density at radius 2 is 0.704 bits per heavy atom. The number of hydrogen-bond acceptors (Lipinski definition) is 14. The molecule has 14 heteroatoms. The molecular weight excluding hydrogens is 681 g/mol. The molecule has 0 aliphatic carbocycles. The van der Waals surface area contributed by atoms with Crippen molar-refractivity contribution in [3.8, 4) is 0 Å². The van der Waals surface area contributed by atoms with E-state index in [1.807, 2.05) is 84.9 Å². The van der Waals surface area contributed by atoms with Crippen molar-refractivity contribution in [3.63, 3.8) is 0 Å². The molecule has 2 aromatic heterocycles. The first-order chi connectivity index (χ1) is 26.7. The summed E-state index contributed by atoms with van der Waals surface area (Å²) in [4.78, 5) is 32.4. The molecule has 0 bridgehead atoms. The van der Waals surface area contributed by atoms with Gasteiger partial charge in [-0.25, -0.2) is 0 Å². The van der Waals surface area contributed by atoms with Gasteiger partial charge < -0.3 is 40.5 Å². The van der Waals surface area contributed by atoms with Crippen molar-refractivity contribution in [3.05, 3.63) is 120 Å². The van der Waals surface area contributed by atoms with Crippen LogP contribution >= 0.6 is 0 Å². The van der Waals surface area contributed by atoms with Gasteiger partial charge in [0, 0.05) is 48.9 Å². The summed E-state index contributed by atoms with van der Waals surface area (Å²) in [6.45, 7) is 5.42. The molecule has 2 aliphatic rings. The number of ether oxygens (including phenoxy) is 2. The number of morpholine rings is 2. The van der Waals surface area contributed by atoms with Gasteiger partial charge in [0.25, 0.3) is 0 Å². The van der Waals surface area contributed by atoms with Gasteiger partial charge in [-0.2, -0.15) is 29.9 Å². The second-order valence-corrected chi connectivity index (χ2v) is 12.6. The second kappa shape index (κ2) is 16.8. The van der Waals surface area contributed by atoms with Crippen LogP contribution in [0, 0.1) is 0 Å². The third-order valence-corrected chi connectivity index (χ3v) is 8.70. The Balaban J connectivity index is 0.924. The molecule has 8 rings (SSSR count). The minimum atomic E-state index is 0.458. The van der Waals surface area contributed by atoms with Gasteiger partial charge in [-0.1, -0.05) is 72.8 Å². The predicted molar refractivity (Wildman–Crippen MR) is 214 cm³/mol. The van der Waals surface area contributed by atoms with Crippen LogP contribution in [0.15, 0.2) is 109 Å². The van der Waals surface area contributed by atoms with E-state index in [2.05, 4.69) is 77.5 Å². The Bertz CT molecular complexity index is 1990. The number of nitrogens with one attached hydrogen (secondary N) is 4. The van der Waals surface area contributed by atoms with Crippen LogP contribution < -0.4 is 31.1 Å². The molecule has 54 heavy (non-hydrogen) atoms. The third kappa shape index (κ3) is 9.23. The molecule has 0 unspecified atom stereocenters. The molecular formula is C40H40N12O2. The van der Waals surface area contributed by atoms with Crippen molar-refractivity contribution in [1.29, 1.82) is 0 Å². The van der Waals surface area contributed by atoms with Gasteiger partial charge in [-0.05, 0) is 59.7 Å². The van der Waals surface area contributed by atoms with Crippen LogP contribution in [0.3, 0.4) is 0 Å². The highest BCUT2D eigenvalue weighted by Gasteiger charge is 2.18. The molecule has 0 saturated carbocycles. The molecule has 4 heterocycles. The van der Waals surface area contributed by atoms with Gasteiger partial charge in [-0.15, -0.1) is 0 Å². The van der Waals surface area contributed by atoms with E-state index in [9.17, 15) is 0 Å². The fourth-order valence-corrected chi connectivity index (χ4v) is 5.87. The number of anilines is 10. The van der Waals surface area contributed by atoms with Crippen molar-refractivity contribution < 1.29 is 9.47 Å². The Hall–Kier alpha value is -6.64. The van der Waals surface area contributed by atoms with Crippen LogP contribution in [0.25, 0.3) is 12.2 Å². The largest absolute Gasteiger partial charge is 0.378 e. The van der Waals surface area contributed by atoms with Gasteiger partial charge >= 0.3 is 0 Å². The standard InChI is InChI=1S/C40H40N12O2/c1-3-7-31(8-4-1)41-35-45-37(49-39(47-35)51-21-25-53-26-22-51)43-33-17-13-29(14-18-33)11-12-30-15-19-34(20-16-30)44-38-46-36(42-32-9-5-2-6-10-32)48-40(50-38)52-23-27-54-28-24-52/h1-20H,21-28H2,(H2,41,43,45,47,49)(H2,42,44,46,48,50)/b12-11+. The average molecular weight is 721 g/mol. The van der Waals surface area contributed by atoms with E-state index in [-0.39, 0.29) is 0 Å². The summed E-state index contributed by atoms with van der Waals surface area (Å²) in [5, 5.41) is 13.3.